The van der Waals surface area contributed by atoms with Gasteiger partial charge >= 0.3 is 0 Å². The molecule has 4 nitrogen and oxygen atoms in total. The van der Waals surface area contributed by atoms with E-state index in [1.165, 1.54) is 0 Å². The summed E-state index contributed by atoms with van der Waals surface area (Å²) in [6, 6.07) is 13.9. The molecular formula is C16H21N3O. The molecule has 1 heterocycles. The third-order valence-electron chi connectivity index (χ3n) is 2.99. The van der Waals surface area contributed by atoms with Crippen LogP contribution in [0.25, 0.3) is 0 Å². The predicted molar refractivity (Wildman–Crippen MR) is 80.2 cm³/mol. The summed E-state index contributed by atoms with van der Waals surface area (Å²) in [5.74, 6) is 6.53. The van der Waals surface area contributed by atoms with Crippen molar-refractivity contribution in [3.8, 4) is 5.75 Å². The van der Waals surface area contributed by atoms with Crippen molar-refractivity contribution in [2.24, 2.45) is 5.84 Å². The third kappa shape index (κ3) is 4.05. The van der Waals surface area contributed by atoms with E-state index in [2.05, 4.69) is 10.4 Å². The summed E-state index contributed by atoms with van der Waals surface area (Å²) in [7, 11) is 0. The molecule has 0 amide bonds. The Morgan fingerprint density at radius 1 is 1.15 bits per heavy atom. The van der Waals surface area contributed by atoms with Crippen LogP contribution in [-0.2, 0) is 6.42 Å². The molecule has 1 aromatic carbocycles. The highest BCUT2D eigenvalue weighted by Crippen LogP contribution is 2.20. The highest BCUT2D eigenvalue weighted by atomic mass is 16.5. The molecule has 4 heteroatoms. The monoisotopic (exact) mass is 271 g/mol. The van der Waals surface area contributed by atoms with Crippen LogP contribution in [0.15, 0.2) is 48.7 Å². The molecule has 0 saturated heterocycles. The number of nitrogens with two attached hydrogens (primary N) is 1. The molecule has 106 valence electrons. The van der Waals surface area contributed by atoms with Gasteiger partial charge in [0.1, 0.15) is 5.75 Å². The molecule has 0 spiro atoms. The summed E-state index contributed by atoms with van der Waals surface area (Å²) >= 11 is 0. The van der Waals surface area contributed by atoms with Crippen molar-refractivity contribution in [2.75, 3.05) is 0 Å². The first-order valence-corrected chi connectivity index (χ1v) is 6.81. The van der Waals surface area contributed by atoms with E-state index in [0.717, 1.165) is 23.4 Å². The highest BCUT2D eigenvalue weighted by Gasteiger charge is 2.11. The lowest BCUT2D eigenvalue weighted by Crippen LogP contribution is -2.29. The molecule has 0 saturated carbocycles. The van der Waals surface area contributed by atoms with Crippen LogP contribution >= 0.6 is 0 Å². The molecule has 2 aromatic rings. The average molecular weight is 271 g/mol. The maximum atomic E-state index is 5.66. The molecule has 0 radical (unpaired) electrons. The molecule has 0 bridgehead atoms. The van der Waals surface area contributed by atoms with Crippen LogP contribution in [0.3, 0.4) is 0 Å². The van der Waals surface area contributed by atoms with E-state index in [0.29, 0.717) is 0 Å². The van der Waals surface area contributed by atoms with E-state index in [1.54, 1.807) is 6.20 Å². The molecule has 20 heavy (non-hydrogen) atoms. The molecule has 3 N–H and O–H groups in total. The topological polar surface area (TPSA) is 60.2 Å². The number of aromatic nitrogens is 1. The minimum Gasteiger partial charge on any atom is -0.491 e. The number of nitrogens with zero attached hydrogens (tertiary/aromatic N) is 1. The molecule has 0 fully saturated rings. The lowest BCUT2D eigenvalue weighted by atomic mass is 10.0. The SMILES string of the molecule is CC(C)Oc1ccc(C(Cc2ccccn2)NN)cc1. The molecule has 0 aliphatic heterocycles. The Kier molecular flexibility index (Phi) is 5.09. The van der Waals surface area contributed by atoms with Crippen LogP contribution in [0, 0.1) is 0 Å². The van der Waals surface area contributed by atoms with E-state index < -0.39 is 0 Å². The maximum Gasteiger partial charge on any atom is 0.119 e. The average Bonchev–Trinajstić information content (AvgIpc) is 2.46. The number of benzene rings is 1. The summed E-state index contributed by atoms with van der Waals surface area (Å²) in [5.41, 5.74) is 4.98. The molecule has 1 unspecified atom stereocenters. The van der Waals surface area contributed by atoms with Crippen molar-refractivity contribution in [1.82, 2.24) is 10.4 Å². The first-order chi connectivity index (χ1) is 9.69. The molecule has 1 atom stereocenters. The second-order valence-corrected chi connectivity index (χ2v) is 4.98. The first kappa shape index (κ1) is 14.5. The predicted octanol–water partition coefficient (Wildman–Crippen LogP) is 2.62. The zero-order chi connectivity index (χ0) is 14.4. The molecule has 2 rings (SSSR count). The van der Waals surface area contributed by atoms with Crippen LogP contribution in [0.4, 0.5) is 0 Å². The standard InChI is InChI=1S/C16H21N3O/c1-12(2)20-15-8-6-13(7-9-15)16(19-17)11-14-5-3-4-10-18-14/h3-10,12,16,19H,11,17H2,1-2H3. The van der Waals surface area contributed by atoms with Crippen LogP contribution in [-0.4, -0.2) is 11.1 Å². The third-order valence-corrected chi connectivity index (χ3v) is 2.99. The Hall–Kier alpha value is -1.91. The summed E-state index contributed by atoms with van der Waals surface area (Å²) in [5, 5.41) is 0. The van der Waals surface area contributed by atoms with Gasteiger partial charge in [-0.15, -0.1) is 0 Å². The first-order valence-electron chi connectivity index (χ1n) is 6.81. The van der Waals surface area contributed by atoms with Gasteiger partial charge in [0.05, 0.1) is 12.1 Å². The van der Waals surface area contributed by atoms with Gasteiger partial charge in [-0.25, -0.2) is 0 Å². The minimum absolute atomic E-state index is 0.0398. The largest absolute Gasteiger partial charge is 0.491 e. The van der Waals surface area contributed by atoms with E-state index in [-0.39, 0.29) is 12.1 Å². The van der Waals surface area contributed by atoms with Gasteiger partial charge in [-0.2, -0.15) is 0 Å². The summed E-state index contributed by atoms with van der Waals surface area (Å²) in [6.45, 7) is 4.03. The van der Waals surface area contributed by atoms with Crippen molar-refractivity contribution >= 4 is 0 Å². The Morgan fingerprint density at radius 3 is 2.45 bits per heavy atom. The van der Waals surface area contributed by atoms with Gasteiger partial charge in [-0.1, -0.05) is 18.2 Å². The quantitative estimate of drug-likeness (QED) is 0.626. The molecule has 0 aliphatic carbocycles. The number of rotatable bonds is 6. The van der Waals surface area contributed by atoms with Crippen molar-refractivity contribution in [1.29, 1.82) is 0 Å². The molecule has 0 aliphatic rings. The number of pyridine rings is 1. The van der Waals surface area contributed by atoms with Gasteiger partial charge < -0.3 is 4.74 Å². The fourth-order valence-corrected chi connectivity index (χ4v) is 2.05. The van der Waals surface area contributed by atoms with E-state index in [9.17, 15) is 0 Å². The van der Waals surface area contributed by atoms with Crippen LogP contribution < -0.4 is 16.0 Å². The highest BCUT2D eigenvalue weighted by molar-refractivity contribution is 5.30. The number of hydrogen-bond donors (Lipinski definition) is 2. The van der Waals surface area contributed by atoms with Gasteiger partial charge in [0.2, 0.25) is 0 Å². The Labute approximate surface area is 120 Å². The number of hydrazine groups is 1. The second kappa shape index (κ2) is 7.03. The summed E-state index contributed by atoms with van der Waals surface area (Å²) in [4.78, 5) is 4.33. The van der Waals surface area contributed by atoms with Gasteiger partial charge in [0.25, 0.3) is 0 Å². The Balaban J connectivity index is 2.07. The lowest BCUT2D eigenvalue weighted by Gasteiger charge is -2.17. The summed E-state index contributed by atoms with van der Waals surface area (Å²) in [6.07, 6.45) is 2.72. The van der Waals surface area contributed by atoms with Gasteiger partial charge in [-0.3, -0.25) is 16.3 Å². The van der Waals surface area contributed by atoms with Gasteiger partial charge in [0.15, 0.2) is 0 Å². The Bertz CT molecular complexity index is 511. The van der Waals surface area contributed by atoms with Gasteiger partial charge in [-0.05, 0) is 43.7 Å². The van der Waals surface area contributed by atoms with Crippen molar-refractivity contribution in [3.63, 3.8) is 0 Å². The number of nitrogens with one attached hydrogen (secondary N) is 1. The zero-order valence-electron chi connectivity index (χ0n) is 11.9. The second-order valence-electron chi connectivity index (χ2n) is 4.98. The van der Waals surface area contributed by atoms with Crippen molar-refractivity contribution < 1.29 is 4.74 Å². The van der Waals surface area contributed by atoms with Crippen LogP contribution in [0.2, 0.25) is 0 Å². The van der Waals surface area contributed by atoms with E-state index in [1.807, 2.05) is 56.3 Å². The van der Waals surface area contributed by atoms with Crippen LogP contribution in [0.1, 0.15) is 31.1 Å². The van der Waals surface area contributed by atoms with E-state index in [4.69, 9.17) is 10.6 Å². The maximum absolute atomic E-state index is 5.66. The number of hydrogen-bond acceptors (Lipinski definition) is 4. The normalized spacial score (nSPS) is 12.4. The summed E-state index contributed by atoms with van der Waals surface area (Å²) < 4.78 is 5.64. The van der Waals surface area contributed by atoms with Crippen molar-refractivity contribution in [2.45, 2.75) is 32.4 Å². The lowest BCUT2D eigenvalue weighted by molar-refractivity contribution is 0.242. The van der Waals surface area contributed by atoms with Gasteiger partial charge in [0, 0.05) is 18.3 Å². The smallest absolute Gasteiger partial charge is 0.119 e. The number of ether oxygens (including phenoxy) is 1. The minimum atomic E-state index is 0.0398. The zero-order valence-corrected chi connectivity index (χ0v) is 11.9. The van der Waals surface area contributed by atoms with E-state index >= 15 is 0 Å². The molecule has 1 aromatic heterocycles. The Morgan fingerprint density at radius 2 is 1.90 bits per heavy atom. The molecular weight excluding hydrogens is 250 g/mol. The fraction of sp³-hybridized carbons (Fsp3) is 0.312. The fourth-order valence-electron chi connectivity index (χ4n) is 2.05. The van der Waals surface area contributed by atoms with Crippen LogP contribution in [0.5, 0.6) is 5.75 Å². The van der Waals surface area contributed by atoms with Crippen molar-refractivity contribution in [3.05, 3.63) is 59.9 Å².